The van der Waals surface area contributed by atoms with Crippen LogP contribution in [0.25, 0.3) is 0 Å². The van der Waals surface area contributed by atoms with Gasteiger partial charge in [-0.1, -0.05) is 71.1 Å². The van der Waals surface area contributed by atoms with Crippen molar-refractivity contribution >= 4 is 5.97 Å². The minimum absolute atomic E-state index is 0.0486. The molecule has 5 aliphatic rings. The van der Waals surface area contributed by atoms with E-state index in [-0.39, 0.29) is 48.7 Å². The van der Waals surface area contributed by atoms with Crippen LogP contribution in [0, 0.1) is 0 Å². The van der Waals surface area contributed by atoms with Gasteiger partial charge in [0.2, 0.25) is 0 Å². The van der Waals surface area contributed by atoms with Crippen LogP contribution < -0.4 is 0 Å². The normalized spacial score (nSPS) is 35.3. The number of rotatable bonds is 18. The summed E-state index contributed by atoms with van der Waals surface area (Å²) in [6.45, 7) is 4.96. The van der Waals surface area contributed by atoms with Crippen LogP contribution in [0.4, 0.5) is 0 Å². The molecule has 0 aromatic heterocycles. The second-order valence-corrected chi connectivity index (χ2v) is 15.0. The Balaban J connectivity index is 0.894. The molecule has 5 heterocycles. The molecule has 0 bridgehead atoms. The van der Waals surface area contributed by atoms with E-state index in [1.165, 1.54) is 64.2 Å². The van der Waals surface area contributed by atoms with Crippen LogP contribution in [0.15, 0.2) is 11.6 Å². The Kier molecular flexibility index (Phi) is 16.3. The number of ether oxygens (including phenoxy) is 7. The number of carbonyl (C=O) groups is 1. The Morgan fingerprint density at radius 1 is 0.574 bits per heavy atom. The van der Waals surface area contributed by atoms with Crippen LogP contribution in [0.3, 0.4) is 0 Å². The van der Waals surface area contributed by atoms with Gasteiger partial charge < -0.3 is 33.2 Å². The van der Waals surface area contributed by atoms with Crippen molar-refractivity contribution in [2.45, 2.75) is 216 Å². The summed E-state index contributed by atoms with van der Waals surface area (Å²) in [5.41, 5.74) is 0.871. The fourth-order valence-corrected chi connectivity index (χ4v) is 8.38. The first kappa shape index (κ1) is 37.2. The second kappa shape index (κ2) is 20.6. The molecule has 270 valence electrons. The molecule has 0 N–H and O–H groups in total. The number of cyclic esters (lactones) is 1. The summed E-state index contributed by atoms with van der Waals surface area (Å²) in [6, 6.07) is 0. The zero-order valence-corrected chi connectivity index (χ0v) is 29.7. The highest BCUT2D eigenvalue weighted by Gasteiger charge is 2.42. The summed E-state index contributed by atoms with van der Waals surface area (Å²) in [5.74, 6) is -0.115. The molecule has 8 heteroatoms. The van der Waals surface area contributed by atoms with Crippen molar-refractivity contribution in [1.82, 2.24) is 0 Å². The van der Waals surface area contributed by atoms with E-state index in [9.17, 15) is 4.79 Å². The van der Waals surface area contributed by atoms with Gasteiger partial charge in [0.05, 0.1) is 48.8 Å². The Morgan fingerprint density at radius 3 is 1.68 bits per heavy atom. The number of esters is 1. The Hall–Kier alpha value is -1.03. The van der Waals surface area contributed by atoms with E-state index in [1.54, 1.807) is 0 Å². The zero-order chi connectivity index (χ0) is 32.7. The molecular weight excluding hydrogens is 596 g/mol. The first-order valence-corrected chi connectivity index (χ1v) is 19.8. The van der Waals surface area contributed by atoms with Gasteiger partial charge in [-0.3, -0.25) is 0 Å². The molecule has 0 saturated carbocycles. The Labute approximate surface area is 285 Å². The van der Waals surface area contributed by atoms with Crippen LogP contribution in [0.1, 0.15) is 162 Å². The maximum atomic E-state index is 11.7. The first-order valence-electron chi connectivity index (χ1n) is 19.8. The lowest BCUT2D eigenvalue weighted by Gasteiger charge is -2.30. The van der Waals surface area contributed by atoms with Gasteiger partial charge >= 0.3 is 5.97 Å². The molecule has 5 aliphatic heterocycles. The molecule has 0 spiro atoms. The van der Waals surface area contributed by atoms with E-state index in [1.807, 2.05) is 13.0 Å². The van der Waals surface area contributed by atoms with E-state index in [0.29, 0.717) is 25.8 Å². The quantitative estimate of drug-likeness (QED) is 0.106. The standard InChI is InChI=1S/C39H66O8/c1-3-4-5-12-16-31-18-14-19-33(43-27-41-31)35-22-24-37(46-35)38-25-23-36(47-38)34-21-20-32(42-28-44-34)17-13-10-8-6-7-9-11-15-30-26-29(2)45-39(30)40/h26,29,31-38H,3-25,27-28H2,1-2H3/t29?,31-,32+,33-,34+,35+,36+,37-,38+/m1/s1. The molecule has 4 saturated heterocycles. The van der Waals surface area contributed by atoms with Crippen molar-refractivity contribution in [3.63, 3.8) is 0 Å². The third-order valence-electron chi connectivity index (χ3n) is 11.2. The summed E-state index contributed by atoms with van der Waals surface area (Å²) in [6.07, 6.45) is 29.9. The van der Waals surface area contributed by atoms with E-state index < -0.39 is 0 Å². The molecule has 47 heavy (non-hydrogen) atoms. The van der Waals surface area contributed by atoms with Crippen molar-refractivity contribution in [2.75, 3.05) is 13.6 Å². The first-order chi connectivity index (χ1) is 23.1. The van der Waals surface area contributed by atoms with Crippen LogP contribution >= 0.6 is 0 Å². The average Bonchev–Trinajstić information content (AvgIpc) is 3.77. The number of carbonyl (C=O) groups excluding carboxylic acids is 1. The van der Waals surface area contributed by atoms with Crippen LogP contribution in [-0.4, -0.2) is 74.5 Å². The maximum absolute atomic E-state index is 11.7. The lowest BCUT2D eigenvalue weighted by Crippen LogP contribution is -2.36. The summed E-state index contributed by atoms with van der Waals surface area (Å²) < 4.78 is 43.0. The molecular formula is C39H66O8. The molecule has 9 atom stereocenters. The maximum Gasteiger partial charge on any atom is 0.334 e. The van der Waals surface area contributed by atoms with Gasteiger partial charge in [0, 0.05) is 5.57 Å². The van der Waals surface area contributed by atoms with Crippen molar-refractivity contribution in [2.24, 2.45) is 0 Å². The highest BCUT2D eigenvalue weighted by Crippen LogP contribution is 2.37. The van der Waals surface area contributed by atoms with Crippen LogP contribution in [0.2, 0.25) is 0 Å². The van der Waals surface area contributed by atoms with Gasteiger partial charge in [-0.15, -0.1) is 0 Å². The minimum atomic E-state index is -0.115. The largest absolute Gasteiger partial charge is 0.455 e. The average molecular weight is 663 g/mol. The van der Waals surface area contributed by atoms with E-state index in [4.69, 9.17) is 33.2 Å². The lowest BCUT2D eigenvalue weighted by atomic mass is 9.99. The molecule has 0 aromatic rings. The highest BCUT2D eigenvalue weighted by molar-refractivity contribution is 5.90. The monoisotopic (exact) mass is 662 g/mol. The molecule has 0 aromatic carbocycles. The van der Waals surface area contributed by atoms with Crippen molar-refractivity contribution in [1.29, 1.82) is 0 Å². The van der Waals surface area contributed by atoms with Crippen LogP contribution in [-0.2, 0) is 38.0 Å². The summed E-state index contributed by atoms with van der Waals surface area (Å²) in [7, 11) is 0. The molecule has 4 fully saturated rings. The van der Waals surface area contributed by atoms with Gasteiger partial charge in [0.15, 0.2) is 0 Å². The summed E-state index contributed by atoms with van der Waals surface area (Å²) in [5, 5.41) is 0. The van der Waals surface area contributed by atoms with Crippen LogP contribution in [0.5, 0.6) is 0 Å². The molecule has 0 aliphatic carbocycles. The summed E-state index contributed by atoms with van der Waals surface area (Å²) in [4.78, 5) is 11.7. The van der Waals surface area contributed by atoms with Gasteiger partial charge in [-0.05, 0) is 96.5 Å². The third kappa shape index (κ3) is 12.4. The molecule has 8 nitrogen and oxygen atoms in total. The molecule has 0 amide bonds. The Bertz CT molecular complexity index is 915. The number of hydrogen-bond donors (Lipinski definition) is 0. The van der Waals surface area contributed by atoms with Crippen molar-refractivity contribution < 1.29 is 38.0 Å². The predicted octanol–water partition coefficient (Wildman–Crippen LogP) is 8.87. The highest BCUT2D eigenvalue weighted by atomic mass is 16.7. The van der Waals surface area contributed by atoms with Gasteiger partial charge in [-0.2, -0.15) is 0 Å². The number of unbranched alkanes of at least 4 members (excludes halogenated alkanes) is 9. The van der Waals surface area contributed by atoms with Crippen molar-refractivity contribution in [3.8, 4) is 0 Å². The fourth-order valence-electron chi connectivity index (χ4n) is 8.38. The summed E-state index contributed by atoms with van der Waals surface area (Å²) >= 11 is 0. The lowest BCUT2D eigenvalue weighted by molar-refractivity contribution is -0.177. The van der Waals surface area contributed by atoms with Crippen molar-refractivity contribution in [3.05, 3.63) is 11.6 Å². The van der Waals surface area contributed by atoms with E-state index in [2.05, 4.69) is 6.92 Å². The fraction of sp³-hybridized carbons (Fsp3) is 0.923. The third-order valence-corrected chi connectivity index (χ3v) is 11.2. The molecule has 5 rings (SSSR count). The SMILES string of the molecule is CCCCCC[C@@H]1CCC[C@H]([C@@H]2CC[C@H]([C@@H]3CC[C@@H]([C@@H]4CC[C@H](CCCCCCCCCC5=CC(C)OC5=O)OCO4)O3)O2)OCO1. The van der Waals surface area contributed by atoms with Gasteiger partial charge in [-0.25, -0.2) is 4.79 Å². The second-order valence-electron chi connectivity index (χ2n) is 15.0. The zero-order valence-electron chi connectivity index (χ0n) is 29.7. The molecule has 0 radical (unpaired) electrons. The van der Waals surface area contributed by atoms with Gasteiger partial charge in [0.1, 0.15) is 19.7 Å². The van der Waals surface area contributed by atoms with E-state index in [0.717, 1.165) is 89.0 Å². The smallest absolute Gasteiger partial charge is 0.334 e. The molecule has 1 unspecified atom stereocenters. The van der Waals surface area contributed by atoms with Gasteiger partial charge in [0.25, 0.3) is 0 Å². The minimum Gasteiger partial charge on any atom is -0.455 e. The van der Waals surface area contributed by atoms with E-state index >= 15 is 0 Å². The topological polar surface area (TPSA) is 81.7 Å². The predicted molar refractivity (Wildman–Crippen MR) is 182 cm³/mol. The number of hydrogen-bond acceptors (Lipinski definition) is 8. The Morgan fingerprint density at radius 2 is 1.09 bits per heavy atom.